The van der Waals surface area contributed by atoms with E-state index in [2.05, 4.69) is 51.6 Å². The first-order chi connectivity index (χ1) is 15.9. The van der Waals surface area contributed by atoms with Crippen LogP contribution in [0.3, 0.4) is 0 Å². The second-order valence-electron chi connectivity index (χ2n) is 8.08. The molecule has 1 heterocycles. The van der Waals surface area contributed by atoms with E-state index in [4.69, 9.17) is 9.84 Å². The molecule has 0 atom stereocenters. The Hall–Kier alpha value is -2.84. The first-order valence-electron chi connectivity index (χ1n) is 10.7. The predicted octanol–water partition coefficient (Wildman–Crippen LogP) is 6.48. The molecule has 1 saturated carbocycles. The lowest BCUT2D eigenvalue weighted by molar-refractivity contribution is -0.139. The molecule has 2 aromatic carbocycles. The normalized spacial score (nSPS) is 18.0. The van der Waals surface area contributed by atoms with Crippen molar-refractivity contribution in [3.05, 3.63) is 69.5 Å². The van der Waals surface area contributed by atoms with Gasteiger partial charge in [-0.25, -0.2) is 9.59 Å². The van der Waals surface area contributed by atoms with Crippen molar-refractivity contribution in [1.29, 1.82) is 0 Å². The van der Waals surface area contributed by atoms with E-state index in [1.807, 2.05) is 24.3 Å². The van der Waals surface area contributed by atoms with Gasteiger partial charge in [-0.2, -0.15) is 0 Å². The van der Waals surface area contributed by atoms with Gasteiger partial charge in [0.15, 0.2) is 17.2 Å². The van der Waals surface area contributed by atoms with Crippen LogP contribution in [0.5, 0.6) is 5.75 Å². The second-order valence-corrected chi connectivity index (χ2v) is 9.89. The number of benzene rings is 2. The van der Waals surface area contributed by atoms with Crippen molar-refractivity contribution in [3.8, 4) is 16.2 Å². The average Bonchev–Trinajstić information content (AvgIpc) is 3.15. The number of anilines is 1. The number of rotatable bonds is 8. The van der Waals surface area contributed by atoms with Crippen LogP contribution in [0, 0.1) is 0 Å². The van der Waals surface area contributed by atoms with Crippen LogP contribution < -0.4 is 10.1 Å². The van der Waals surface area contributed by atoms with Crippen LogP contribution in [0.2, 0.25) is 0 Å². The van der Waals surface area contributed by atoms with Crippen molar-refractivity contribution < 1.29 is 24.5 Å². The van der Waals surface area contributed by atoms with Gasteiger partial charge in [0.25, 0.3) is 0 Å². The smallest absolute Gasteiger partial charge is 0.349 e. The van der Waals surface area contributed by atoms with E-state index in [1.54, 1.807) is 0 Å². The van der Waals surface area contributed by atoms with Gasteiger partial charge in [-0.3, -0.25) is 0 Å². The molecule has 1 fully saturated rings. The van der Waals surface area contributed by atoms with Crippen molar-refractivity contribution in [2.45, 2.75) is 37.6 Å². The number of halogens is 1. The Morgan fingerprint density at radius 3 is 2.42 bits per heavy atom. The molecule has 8 heteroatoms. The summed E-state index contributed by atoms with van der Waals surface area (Å²) in [5.41, 5.74) is 3.22. The lowest BCUT2D eigenvalue weighted by Gasteiger charge is -2.30. The molecule has 0 unspecified atom stereocenters. The number of carbonyl (C=O) groups is 2. The van der Waals surface area contributed by atoms with E-state index in [1.165, 1.54) is 5.56 Å². The SMILES string of the molecule is O=C(O)COc1c(C(=O)O)sc(-c2cccc(N[C@H]3CC[C@H](c4ccccc4)CC3)c2)c1Br. The number of carboxylic acid groups (broad SMARTS) is 2. The summed E-state index contributed by atoms with van der Waals surface area (Å²) in [5.74, 6) is -1.67. The zero-order valence-electron chi connectivity index (χ0n) is 17.8. The molecule has 0 saturated heterocycles. The molecule has 3 N–H and O–H groups in total. The maximum absolute atomic E-state index is 11.7. The van der Waals surface area contributed by atoms with E-state index < -0.39 is 18.5 Å². The van der Waals surface area contributed by atoms with Gasteiger partial charge in [-0.05, 0) is 70.8 Å². The lowest BCUT2D eigenvalue weighted by atomic mass is 9.82. The summed E-state index contributed by atoms with van der Waals surface area (Å²) in [6, 6.07) is 18.9. The van der Waals surface area contributed by atoms with Crippen LogP contribution in [0.4, 0.5) is 5.69 Å². The minimum atomic E-state index is -1.17. The minimum absolute atomic E-state index is 0.0317. The summed E-state index contributed by atoms with van der Waals surface area (Å²) >= 11 is 4.48. The van der Waals surface area contributed by atoms with E-state index in [-0.39, 0.29) is 10.6 Å². The van der Waals surface area contributed by atoms with E-state index in [0.717, 1.165) is 48.3 Å². The molecule has 0 bridgehead atoms. The number of aromatic carboxylic acids is 1. The van der Waals surface area contributed by atoms with E-state index >= 15 is 0 Å². The van der Waals surface area contributed by atoms with Gasteiger partial charge in [-0.1, -0.05) is 42.5 Å². The Morgan fingerprint density at radius 2 is 1.76 bits per heavy atom. The van der Waals surface area contributed by atoms with Crippen LogP contribution in [0.1, 0.15) is 46.8 Å². The summed E-state index contributed by atoms with van der Waals surface area (Å²) in [7, 11) is 0. The summed E-state index contributed by atoms with van der Waals surface area (Å²) in [4.78, 5) is 23.2. The largest absolute Gasteiger partial charge is 0.479 e. The zero-order chi connectivity index (χ0) is 23.4. The highest BCUT2D eigenvalue weighted by molar-refractivity contribution is 9.10. The quantitative estimate of drug-likeness (QED) is 0.309. The highest BCUT2D eigenvalue weighted by atomic mass is 79.9. The molecule has 3 aromatic rings. The lowest BCUT2D eigenvalue weighted by Crippen LogP contribution is -2.25. The Morgan fingerprint density at radius 1 is 1.03 bits per heavy atom. The molecule has 172 valence electrons. The Labute approximate surface area is 204 Å². The maximum atomic E-state index is 11.7. The van der Waals surface area contributed by atoms with Crippen molar-refractivity contribution in [2.75, 3.05) is 11.9 Å². The molecule has 0 radical (unpaired) electrons. The van der Waals surface area contributed by atoms with Gasteiger partial charge in [0, 0.05) is 11.7 Å². The third kappa shape index (κ3) is 5.57. The zero-order valence-corrected chi connectivity index (χ0v) is 20.2. The highest BCUT2D eigenvalue weighted by Crippen LogP contribution is 2.46. The fourth-order valence-electron chi connectivity index (χ4n) is 4.27. The van der Waals surface area contributed by atoms with Gasteiger partial charge in [0.2, 0.25) is 0 Å². The van der Waals surface area contributed by atoms with Crippen molar-refractivity contribution in [3.63, 3.8) is 0 Å². The van der Waals surface area contributed by atoms with Crippen LogP contribution in [0.15, 0.2) is 59.1 Å². The predicted molar refractivity (Wildman–Crippen MR) is 133 cm³/mol. The van der Waals surface area contributed by atoms with Crippen LogP contribution >= 0.6 is 27.3 Å². The van der Waals surface area contributed by atoms with E-state index in [0.29, 0.717) is 21.3 Å². The average molecular weight is 530 g/mol. The number of hydrogen-bond donors (Lipinski definition) is 3. The molecular formula is C25H24BrNO5S. The first-order valence-corrected chi connectivity index (χ1v) is 12.4. The van der Waals surface area contributed by atoms with E-state index in [9.17, 15) is 14.7 Å². The fraction of sp³-hybridized carbons (Fsp3) is 0.280. The highest BCUT2D eigenvalue weighted by Gasteiger charge is 2.25. The van der Waals surface area contributed by atoms with Gasteiger partial charge in [-0.15, -0.1) is 11.3 Å². The summed E-state index contributed by atoms with van der Waals surface area (Å²) in [5, 5.41) is 22.1. The monoisotopic (exact) mass is 529 g/mol. The molecule has 6 nitrogen and oxygen atoms in total. The fourth-order valence-corrected chi connectivity index (χ4v) is 6.16. The van der Waals surface area contributed by atoms with Crippen molar-refractivity contribution in [1.82, 2.24) is 0 Å². The van der Waals surface area contributed by atoms with Gasteiger partial charge in [0.1, 0.15) is 0 Å². The Kier molecular flexibility index (Phi) is 7.35. The topological polar surface area (TPSA) is 95.9 Å². The molecule has 33 heavy (non-hydrogen) atoms. The number of aliphatic carboxylic acids is 1. The van der Waals surface area contributed by atoms with Crippen molar-refractivity contribution >= 4 is 44.9 Å². The number of hydrogen-bond acceptors (Lipinski definition) is 5. The molecule has 1 aliphatic rings. The minimum Gasteiger partial charge on any atom is -0.479 e. The van der Waals surface area contributed by atoms with Gasteiger partial charge in [0.05, 0.1) is 9.35 Å². The summed E-state index contributed by atoms with van der Waals surface area (Å²) < 4.78 is 5.71. The molecular weight excluding hydrogens is 506 g/mol. The van der Waals surface area contributed by atoms with Crippen LogP contribution in [-0.4, -0.2) is 34.8 Å². The molecule has 0 amide bonds. The maximum Gasteiger partial charge on any atom is 0.349 e. The number of nitrogens with one attached hydrogen (secondary N) is 1. The van der Waals surface area contributed by atoms with Crippen molar-refractivity contribution in [2.24, 2.45) is 0 Å². The second kappa shape index (κ2) is 10.4. The molecule has 0 aliphatic heterocycles. The van der Waals surface area contributed by atoms with Gasteiger partial charge >= 0.3 is 11.9 Å². The molecule has 4 rings (SSSR count). The first kappa shape index (κ1) is 23.3. The third-order valence-corrected chi connectivity index (χ3v) is 8.06. The number of carboxylic acids is 2. The van der Waals surface area contributed by atoms with Crippen LogP contribution in [0.25, 0.3) is 10.4 Å². The molecule has 1 aromatic heterocycles. The molecule has 0 spiro atoms. The third-order valence-electron chi connectivity index (χ3n) is 5.84. The Balaban J connectivity index is 1.48. The Bertz CT molecular complexity index is 1140. The summed E-state index contributed by atoms with van der Waals surface area (Å²) in [6.07, 6.45) is 4.46. The standard InChI is InChI=1S/C25H24BrNO5S/c26-21-22(32-14-20(28)29)24(25(30)31)33-23(21)17-7-4-8-19(13-17)27-18-11-9-16(10-12-18)15-5-2-1-3-6-15/h1-8,13,16,18,27H,9-12,14H2,(H,28,29)(H,30,31)/t16-,18-. The van der Waals surface area contributed by atoms with Crippen LogP contribution in [-0.2, 0) is 4.79 Å². The van der Waals surface area contributed by atoms with Gasteiger partial charge < -0.3 is 20.3 Å². The summed E-state index contributed by atoms with van der Waals surface area (Å²) in [6.45, 7) is -0.609. The molecule has 1 aliphatic carbocycles. The number of ether oxygens (including phenoxy) is 1. The number of thiophene rings is 1.